The predicted octanol–water partition coefficient (Wildman–Crippen LogP) is 1.19. The molecule has 1 nitrogen and oxygen atoms in total. The molecule has 0 aromatic rings. The Labute approximate surface area is 44.7 Å². The van der Waals surface area contributed by atoms with Crippen LogP contribution in [0.3, 0.4) is 0 Å². The van der Waals surface area contributed by atoms with Gasteiger partial charge in [-0.1, -0.05) is 19.9 Å². The summed E-state index contributed by atoms with van der Waals surface area (Å²) in [6.45, 7) is 7.33. The highest BCUT2D eigenvalue weighted by Gasteiger charge is 2.00. The smallest absolute Gasteiger partial charge is 0.0741 e. The predicted molar refractivity (Wildman–Crippen MR) is 31.0 cm³/mol. The normalized spacial score (nSPS) is 14.3. The quantitative estimate of drug-likeness (QED) is 0.517. The Morgan fingerprint density at radius 2 is 2.00 bits per heavy atom. The number of rotatable bonds is 2. The zero-order valence-electron chi connectivity index (χ0n) is 4.89. The Balaban J connectivity index is 3.33. The Bertz CT molecular complexity index is 57.2. The first-order chi connectivity index (χ1) is 3.18. The maximum absolute atomic E-state index is 8.82. The highest BCUT2D eigenvalue weighted by molar-refractivity contribution is 4.79. The minimum absolute atomic E-state index is 0.303. The van der Waals surface area contributed by atoms with Gasteiger partial charge in [-0.2, -0.15) is 0 Å². The second-order valence-electron chi connectivity index (χ2n) is 1.97. The molecule has 0 aliphatic heterocycles. The molecule has 0 aliphatic rings. The molecule has 42 valence electrons. The van der Waals surface area contributed by atoms with Crippen molar-refractivity contribution in [2.45, 2.75) is 20.0 Å². The van der Waals surface area contributed by atoms with E-state index in [1.165, 1.54) is 0 Å². The molecule has 0 fully saturated rings. The van der Waals surface area contributed by atoms with Gasteiger partial charge < -0.3 is 5.11 Å². The van der Waals surface area contributed by atoms with Crippen LogP contribution in [0.15, 0.2) is 12.7 Å². The number of aliphatic hydroxyl groups is 1. The third kappa shape index (κ3) is 2.40. The van der Waals surface area contributed by atoms with Gasteiger partial charge in [0.15, 0.2) is 0 Å². The summed E-state index contributed by atoms with van der Waals surface area (Å²) in [5.41, 5.74) is 0. The van der Waals surface area contributed by atoms with Crippen molar-refractivity contribution in [1.29, 1.82) is 0 Å². The average Bonchev–Trinajstić information content (AvgIpc) is 1.65. The van der Waals surface area contributed by atoms with Gasteiger partial charge in [-0.15, -0.1) is 6.58 Å². The van der Waals surface area contributed by atoms with E-state index in [4.69, 9.17) is 5.11 Å². The first-order valence-corrected chi connectivity index (χ1v) is 2.49. The molecule has 0 unspecified atom stereocenters. The molecule has 0 radical (unpaired) electrons. The Morgan fingerprint density at radius 1 is 1.57 bits per heavy atom. The van der Waals surface area contributed by atoms with Crippen molar-refractivity contribution in [2.24, 2.45) is 5.92 Å². The van der Waals surface area contributed by atoms with Gasteiger partial charge in [-0.25, -0.2) is 0 Å². The van der Waals surface area contributed by atoms with E-state index in [0.29, 0.717) is 5.92 Å². The van der Waals surface area contributed by atoms with Gasteiger partial charge in [0.05, 0.1) is 6.10 Å². The maximum Gasteiger partial charge on any atom is 0.0741 e. The van der Waals surface area contributed by atoms with Crippen molar-refractivity contribution in [3.63, 3.8) is 0 Å². The molecule has 0 bridgehead atoms. The monoisotopic (exact) mass is 100 g/mol. The Morgan fingerprint density at radius 3 is 2.00 bits per heavy atom. The van der Waals surface area contributed by atoms with Gasteiger partial charge >= 0.3 is 0 Å². The molecule has 1 atom stereocenters. The molecule has 0 aliphatic carbocycles. The summed E-state index contributed by atoms with van der Waals surface area (Å²) >= 11 is 0. The van der Waals surface area contributed by atoms with Crippen molar-refractivity contribution >= 4 is 0 Å². The van der Waals surface area contributed by atoms with Crippen LogP contribution in [0.25, 0.3) is 0 Å². The molecule has 0 amide bonds. The fourth-order valence-corrected chi connectivity index (χ4v) is 0.272. The van der Waals surface area contributed by atoms with Crippen LogP contribution in [0.1, 0.15) is 13.8 Å². The third-order valence-electron chi connectivity index (χ3n) is 0.925. The lowest BCUT2D eigenvalue weighted by molar-refractivity contribution is 0.172. The van der Waals surface area contributed by atoms with Crippen LogP contribution in [0.2, 0.25) is 0 Å². The summed E-state index contributed by atoms with van der Waals surface area (Å²) in [6.07, 6.45) is 1.21. The van der Waals surface area contributed by atoms with Crippen LogP contribution in [-0.2, 0) is 0 Å². The summed E-state index contributed by atoms with van der Waals surface area (Å²) < 4.78 is 0. The van der Waals surface area contributed by atoms with E-state index in [-0.39, 0.29) is 6.10 Å². The summed E-state index contributed by atoms with van der Waals surface area (Å²) in [4.78, 5) is 0. The highest BCUT2D eigenvalue weighted by Crippen LogP contribution is 1.99. The van der Waals surface area contributed by atoms with E-state index < -0.39 is 0 Å². The molecule has 1 heteroatoms. The van der Waals surface area contributed by atoms with Crippen LogP contribution in [-0.4, -0.2) is 11.2 Å². The van der Waals surface area contributed by atoms with Crippen molar-refractivity contribution in [3.05, 3.63) is 12.7 Å². The summed E-state index contributed by atoms with van der Waals surface area (Å²) in [6, 6.07) is 0. The van der Waals surface area contributed by atoms with Gasteiger partial charge in [-0.05, 0) is 5.92 Å². The van der Waals surface area contributed by atoms with Crippen LogP contribution in [0.5, 0.6) is 0 Å². The Kier molecular flexibility index (Phi) is 2.68. The van der Waals surface area contributed by atoms with Gasteiger partial charge in [0.1, 0.15) is 0 Å². The van der Waals surface area contributed by atoms with Crippen molar-refractivity contribution in [2.75, 3.05) is 0 Å². The second kappa shape index (κ2) is 2.80. The Hall–Kier alpha value is -0.300. The van der Waals surface area contributed by atoms with Gasteiger partial charge in [0.2, 0.25) is 0 Å². The standard InChI is InChI=1S/C6H12O/c1-4-6(7)5(2)3/h4-7H,1H2,2-3H3/t6-/m1/s1. The molecule has 0 saturated heterocycles. The molecule has 0 saturated carbocycles. The first-order valence-electron chi connectivity index (χ1n) is 2.49. The van der Waals surface area contributed by atoms with E-state index >= 15 is 0 Å². The zero-order valence-corrected chi connectivity index (χ0v) is 4.89. The lowest BCUT2D eigenvalue weighted by Gasteiger charge is -2.06. The summed E-state index contributed by atoms with van der Waals surface area (Å²) in [5, 5.41) is 8.82. The molecule has 0 heterocycles. The van der Waals surface area contributed by atoms with E-state index in [0.717, 1.165) is 0 Å². The topological polar surface area (TPSA) is 20.2 Å². The van der Waals surface area contributed by atoms with Gasteiger partial charge in [-0.3, -0.25) is 0 Å². The largest absolute Gasteiger partial charge is 0.389 e. The van der Waals surface area contributed by atoms with Gasteiger partial charge in [0.25, 0.3) is 0 Å². The van der Waals surface area contributed by atoms with Crippen molar-refractivity contribution in [1.82, 2.24) is 0 Å². The zero-order chi connectivity index (χ0) is 5.86. The van der Waals surface area contributed by atoms with E-state index in [9.17, 15) is 0 Å². The lowest BCUT2D eigenvalue weighted by Crippen LogP contribution is -2.09. The molecule has 1 N–H and O–H groups in total. The number of aliphatic hydroxyl groups excluding tert-OH is 1. The second-order valence-corrected chi connectivity index (χ2v) is 1.97. The third-order valence-corrected chi connectivity index (χ3v) is 0.925. The minimum atomic E-state index is -0.333. The van der Waals surface area contributed by atoms with Gasteiger partial charge in [0, 0.05) is 0 Å². The number of hydrogen-bond acceptors (Lipinski definition) is 1. The summed E-state index contributed by atoms with van der Waals surface area (Å²) in [5.74, 6) is 0.303. The maximum atomic E-state index is 8.82. The van der Waals surface area contributed by atoms with Crippen LogP contribution in [0, 0.1) is 5.92 Å². The summed E-state index contributed by atoms with van der Waals surface area (Å²) in [7, 11) is 0. The van der Waals surface area contributed by atoms with E-state index in [1.807, 2.05) is 13.8 Å². The number of hydrogen-bond donors (Lipinski definition) is 1. The molecule has 7 heavy (non-hydrogen) atoms. The van der Waals surface area contributed by atoms with Crippen LogP contribution in [0.4, 0.5) is 0 Å². The fraction of sp³-hybridized carbons (Fsp3) is 0.667. The van der Waals surface area contributed by atoms with Crippen LogP contribution >= 0.6 is 0 Å². The average molecular weight is 100 g/mol. The lowest BCUT2D eigenvalue weighted by atomic mass is 10.1. The molecule has 0 spiro atoms. The first kappa shape index (κ1) is 6.70. The fourth-order valence-electron chi connectivity index (χ4n) is 0.272. The minimum Gasteiger partial charge on any atom is -0.389 e. The van der Waals surface area contributed by atoms with Crippen molar-refractivity contribution in [3.8, 4) is 0 Å². The molecular weight excluding hydrogens is 88.1 g/mol. The molecular formula is C6H12O. The van der Waals surface area contributed by atoms with E-state index in [1.54, 1.807) is 6.08 Å². The SMILES string of the molecule is C=C[C@@H](O)C(C)C. The van der Waals surface area contributed by atoms with Crippen molar-refractivity contribution < 1.29 is 5.11 Å². The molecule has 0 aromatic carbocycles. The van der Waals surface area contributed by atoms with Crippen LogP contribution < -0.4 is 0 Å². The molecule has 0 rings (SSSR count). The molecule has 0 aromatic heterocycles. The van der Waals surface area contributed by atoms with E-state index in [2.05, 4.69) is 6.58 Å². The highest BCUT2D eigenvalue weighted by atomic mass is 16.3.